The molecule has 12 rings (SSSR count). The number of amides is 1. The molecule has 8 heterocycles. The number of halogens is 2. The number of hydrogen-bond acceptors (Lipinski definition) is 15. The van der Waals surface area contributed by atoms with Gasteiger partial charge in [0, 0.05) is 60.8 Å². The van der Waals surface area contributed by atoms with Crippen molar-refractivity contribution >= 4 is 52.0 Å². The maximum atomic E-state index is 13.8. The minimum absolute atomic E-state index is 0.181. The Morgan fingerprint density at radius 3 is 1.44 bits per heavy atom. The van der Waals surface area contributed by atoms with Crippen LogP contribution in [0.15, 0.2) is 97.3 Å². The Hall–Kier alpha value is -7.87. The van der Waals surface area contributed by atoms with E-state index in [0.717, 1.165) is 92.4 Å². The highest BCUT2D eigenvalue weighted by molar-refractivity contribution is 5.83. The molecule has 2 aliphatic heterocycles. The van der Waals surface area contributed by atoms with Crippen molar-refractivity contribution < 1.29 is 18.3 Å². The maximum Gasteiger partial charge on any atom is 0.409 e. The summed E-state index contributed by atoms with van der Waals surface area (Å²) < 4.78 is 36.5. The van der Waals surface area contributed by atoms with Gasteiger partial charge in [-0.25, -0.2) is 43.5 Å². The van der Waals surface area contributed by atoms with Crippen LogP contribution in [0.1, 0.15) is 84.0 Å². The van der Waals surface area contributed by atoms with Crippen molar-refractivity contribution in [2.45, 2.75) is 108 Å². The van der Waals surface area contributed by atoms with Gasteiger partial charge in [-0.05, 0) is 156 Å². The first-order valence-electron chi connectivity index (χ1n) is 26.5. The van der Waals surface area contributed by atoms with Crippen LogP contribution < -0.4 is 26.6 Å². The molecule has 5 N–H and O–H groups in total. The normalized spacial score (nSPS) is 16.8. The van der Waals surface area contributed by atoms with E-state index in [2.05, 4.69) is 36.6 Å². The van der Waals surface area contributed by atoms with Gasteiger partial charge in [-0.2, -0.15) is 9.97 Å². The fraction of sp³-hybridized carbons (Fsp3) is 0.400. The fourth-order valence-corrected chi connectivity index (χ4v) is 10.5. The fourth-order valence-electron chi connectivity index (χ4n) is 10.5. The van der Waals surface area contributed by atoms with Gasteiger partial charge in [-0.15, -0.1) is 0 Å². The van der Waals surface area contributed by atoms with Crippen LogP contribution in [0.2, 0.25) is 0 Å². The zero-order valence-corrected chi connectivity index (χ0v) is 42.1. The number of nitrogens with one attached hydrogen (secondary N) is 5. The van der Waals surface area contributed by atoms with Gasteiger partial charge in [0.05, 0.1) is 17.6 Å². The summed E-state index contributed by atoms with van der Waals surface area (Å²) >= 11 is 0. The first-order valence-corrected chi connectivity index (χ1v) is 26.5. The number of pyridine rings is 2. The van der Waals surface area contributed by atoms with Gasteiger partial charge in [0.1, 0.15) is 46.6 Å². The Kier molecular flexibility index (Phi) is 14.9. The standard InChI is InChI=1S/C29H33FN8O2.C26H29FN8/c1-2-40-29(39)37-17-14-22(15-18-37)32-24-12-11-23-26(34-24)36-27(19-7-9-20(30)10-8-19)38(23)25-13-16-31-28(35-25)33-21-5-3-4-6-21;27-18-7-5-17(6-8-18)25-34-24-21(9-10-22(32-24)30-20-11-14-28-15-12-20)35(25)23-13-16-29-26(33-23)31-19-3-1-2-4-19/h7-13,16,21-22H,2-6,14-15,17-18H2,1H3,(H,32,34)(H,31,33,35);5-10,13,16,19-20,28H,1-4,11-12,14-15H2,(H,30,32)(H,29,31,33). The molecule has 4 fully saturated rings. The number of fused-ring (bicyclic) bond motifs is 2. The smallest absolute Gasteiger partial charge is 0.409 e. The second-order valence-corrected chi connectivity index (χ2v) is 19.6. The van der Waals surface area contributed by atoms with Gasteiger partial charge in [0.25, 0.3) is 0 Å². The summed E-state index contributed by atoms with van der Waals surface area (Å²) in [5, 5.41) is 17.4. The van der Waals surface area contributed by atoms with E-state index in [1.54, 1.807) is 41.6 Å². The number of carbonyl (C=O) groups is 1. The molecule has 4 aliphatic rings. The Bertz CT molecular complexity index is 3220. The Balaban J connectivity index is 0.000000162. The van der Waals surface area contributed by atoms with E-state index in [0.29, 0.717) is 90.1 Å². The Morgan fingerprint density at radius 2 is 0.987 bits per heavy atom. The minimum atomic E-state index is -0.310. The van der Waals surface area contributed by atoms with E-state index < -0.39 is 0 Å². The molecular weight excluding hydrogens is 955 g/mol. The molecule has 388 valence electrons. The van der Waals surface area contributed by atoms with Gasteiger partial charge in [0.2, 0.25) is 11.9 Å². The molecule has 2 saturated heterocycles. The molecule has 1 amide bonds. The molecule has 18 nitrogen and oxygen atoms in total. The van der Waals surface area contributed by atoms with E-state index in [-0.39, 0.29) is 23.8 Å². The van der Waals surface area contributed by atoms with Crippen molar-refractivity contribution in [2.24, 2.45) is 0 Å². The topological polar surface area (TPSA) is 203 Å². The summed E-state index contributed by atoms with van der Waals surface area (Å²) in [6, 6.07) is 25.7. The summed E-state index contributed by atoms with van der Waals surface area (Å²) in [4.78, 5) is 51.7. The largest absolute Gasteiger partial charge is 0.450 e. The number of imidazole rings is 2. The number of likely N-dealkylation sites (tertiary alicyclic amines) is 1. The second kappa shape index (κ2) is 22.7. The van der Waals surface area contributed by atoms with Crippen LogP contribution in [0.5, 0.6) is 0 Å². The predicted octanol–water partition coefficient (Wildman–Crippen LogP) is 9.94. The first-order chi connectivity index (χ1) is 36.8. The van der Waals surface area contributed by atoms with Crippen molar-refractivity contribution in [1.29, 1.82) is 0 Å². The lowest BCUT2D eigenvalue weighted by Gasteiger charge is -2.31. The molecule has 0 spiro atoms. The first kappa shape index (κ1) is 49.3. The third-order valence-corrected chi connectivity index (χ3v) is 14.4. The highest BCUT2D eigenvalue weighted by Gasteiger charge is 2.26. The van der Waals surface area contributed by atoms with Crippen LogP contribution in [-0.2, 0) is 4.74 Å². The lowest BCUT2D eigenvalue weighted by atomic mass is 10.1. The van der Waals surface area contributed by atoms with Crippen molar-refractivity contribution in [3.05, 3.63) is 109 Å². The molecule has 0 bridgehead atoms. The van der Waals surface area contributed by atoms with Crippen molar-refractivity contribution in [1.82, 2.24) is 59.2 Å². The zero-order valence-electron chi connectivity index (χ0n) is 42.1. The molecule has 20 heteroatoms. The van der Waals surface area contributed by atoms with Crippen molar-refractivity contribution in [3.63, 3.8) is 0 Å². The Labute approximate surface area is 433 Å². The number of nitrogens with zero attached hydrogens (tertiary/aromatic N) is 11. The van der Waals surface area contributed by atoms with Gasteiger partial charge in [-0.3, -0.25) is 9.13 Å². The summed E-state index contributed by atoms with van der Waals surface area (Å²) in [6.45, 7) is 5.47. The number of anilines is 4. The van der Waals surface area contributed by atoms with Crippen LogP contribution in [0.4, 0.5) is 37.1 Å². The molecule has 2 aliphatic carbocycles. The lowest BCUT2D eigenvalue weighted by Crippen LogP contribution is -2.42. The van der Waals surface area contributed by atoms with Gasteiger partial charge >= 0.3 is 6.09 Å². The van der Waals surface area contributed by atoms with E-state index in [9.17, 15) is 13.6 Å². The van der Waals surface area contributed by atoms with Crippen LogP contribution in [0.3, 0.4) is 0 Å². The molecule has 75 heavy (non-hydrogen) atoms. The van der Waals surface area contributed by atoms with Gasteiger partial charge in [-0.1, -0.05) is 25.7 Å². The second-order valence-electron chi connectivity index (χ2n) is 19.6. The van der Waals surface area contributed by atoms with Crippen molar-refractivity contribution in [2.75, 3.05) is 54.1 Å². The quantitative estimate of drug-likeness (QED) is 0.0730. The van der Waals surface area contributed by atoms with Crippen LogP contribution in [-0.4, -0.2) is 117 Å². The molecule has 6 aromatic heterocycles. The van der Waals surface area contributed by atoms with Gasteiger partial charge < -0.3 is 36.2 Å². The van der Waals surface area contributed by atoms with Crippen LogP contribution >= 0.6 is 0 Å². The summed E-state index contributed by atoms with van der Waals surface area (Å²) in [5.41, 5.74) is 4.34. The lowest BCUT2D eigenvalue weighted by molar-refractivity contribution is 0.0983. The van der Waals surface area contributed by atoms with E-state index in [4.69, 9.17) is 34.6 Å². The number of hydrogen-bond donors (Lipinski definition) is 5. The number of rotatable bonds is 13. The molecule has 2 aromatic carbocycles. The third kappa shape index (κ3) is 11.6. The summed E-state index contributed by atoms with van der Waals surface area (Å²) in [5.74, 6) is 4.76. The van der Waals surface area contributed by atoms with Crippen molar-refractivity contribution in [3.8, 4) is 34.4 Å². The highest BCUT2D eigenvalue weighted by atomic mass is 19.1. The van der Waals surface area contributed by atoms with Crippen LogP contribution in [0.25, 0.3) is 56.7 Å². The number of carbonyl (C=O) groups excluding carboxylic acids is 1. The molecule has 8 aromatic rings. The highest BCUT2D eigenvalue weighted by Crippen LogP contribution is 2.32. The van der Waals surface area contributed by atoms with E-state index in [1.807, 2.05) is 52.5 Å². The average molecular weight is 1020 g/mol. The SMILES string of the molecule is CCOC(=O)N1CCC(Nc2ccc3c(n2)nc(-c2ccc(F)cc2)n3-c2ccnc(NC3CCCC3)n2)CC1.Fc1ccc(-c2nc3nc(NC4CCNCC4)ccc3n2-c2ccnc(NC3CCCC3)n2)cc1. The number of ether oxygens (including phenoxy) is 1. The summed E-state index contributed by atoms with van der Waals surface area (Å²) in [6.07, 6.45) is 16.4. The third-order valence-electron chi connectivity index (χ3n) is 14.4. The monoisotopic (exact) mass is 1020 g/mol. The van der Waals surface area contributed by atoms with Gasteiger partial charge in [0.15, 0.2) is 11.3 Å². The molecule has 2 saturated carbocycles. The Morgan fingerprint density at radius 1 is 0.547 bits per heavy atom. The molecule has 0 radical (unpaired) electrons. The minimum Gasteiger partial charge on any atom is -0.450 e. The average Bonchev–Trinajstić information content (AvgIpc) is 4.29. The number of aromatic nitrogens is 10. The zero-order chi connectivity index (χ0) is 51.1. The predicted molar refractivity (Wildman–Crippen MR) is 286 cm³/mol. The molecule has 0 unspecified atom stereocenters. The van der Waals surface area contributed by atoms with E-state index >= 15 is 0 Å². The molecular formula is C55H62F2N16O2. The van der Waals surface area contributed by atoms with E-state index in [1.165, 1.54) is 49.9 Å². The summed E-state index contributed by atoms with van der Waals surface area (Å²) in [7, 11) is 0. The van der Waals surface area contributed by atoms with Crippen LogP contribution in [0, 0.1) is 11.6 Å². The maximum absolute atomic E-state index is 13.8. The molecule has 0 atom stereocenters. The number of benzene rings is 2. The number of piperidine rings is 2.